The monoisotopic (exact) mass is 519 g/mol. The summed E-state index contributed by atoms with van der Waals surface area (Å²) in [7, 11) is 0. The Hall–Kier alpha value is -3.41. The van der Waals surface area contributed by atoms with Crippen molar-refractivity contribution in [1.82, 2.24) is 4.57 Å². The predicted molar refractivity (Wildman–Crippen MR) is 151 cm³/mol. The number of aromatic nitrogens is 1. The molecule has 0 aliphatic rings. The van der Waals surface area contributed by atoms with Gasteiger partial charge in [0.05, 0.1) is 12.1 Å². The molecule has 0 saturated carbocycles. The second-order valence-electron chi connectivity index (χ2n) is 10.9. The number of fused-ring (bicyclic) bond motifs is 1. The van der Waals surface area contributed by atoms with Gasteiger partial charge in [-0.25, -0.2) is 4.79 Å². The molecule has 38 heavy (non-hydrogen) atoms. The molecule has 6 nitrogen and oxygen atoms in total. The molecule has 0 aliphatic heterocycles. The van der Waals surface area contributed by atoms with Crippen LogP contribution < -0.4 is 4.74 Å². The lowest BCUT2D eigenvalue weighted by Gasteiger charge is -2.19. The van der Waals surface area contributed by atoms with Gasteiger partial charge in [-0.3, -0.25) is 9.59 Å². The standard InChI is InChI=1S/C32H41NO5/c1-6-7-8-9-10-11-12-24-13-16-27(17-14-24)37-22-26(35)20-33-21-29(23(2)34)28-19-25(15-18-30(28)33)31(36)38-32(3,4)5/h13-19,21H,6-12,20,22H2,1-5H3. The first-order chi connectivity index (χ1) is 18.1. The molecule has 0 aliphatic carbocycles. The van der Waals surface area contributed by atoms with E-state index < -0.39 is 11.6 Å². The number of unbranched alkanes of at least 4 members (excludes halogenated alkanes) is 5. The fraction of sp³-hybridized carbons (Fsp3) is 0.469. The van der Waals surface area contributed by atoms with Crippen LogP contribution in [-0.2, 0) is 22.5 Å². The third kappa shape index (κ3) is 8.57. The highest BCUT2D eigenvalue weighted by Gasteiger charge is 2.20. The highest BCUT2D eigenvalue weighted by Crippen LogP contribution is 2.25. The van der Waals surface area contributed by atoms with Gasteiger partial charge < -0.3 is 14.0 Å². The molecule has 1 heterocycles. The molecule has 1 aromatic heterocycles. The Morgan fingerprint density at radius 2 is 1.58 bits per heavy atom. The SMILES string of the molecule is CCCCCCCCc1ccc(OCC(=O)Cn2cc(C(C)=O)c3cc(C(=O)OC(C)(C)C)ccc32)cc1. The number of carbonyl (C=O) groups is 3. The maximum absolute atomic E-state index is 12.8. The van der Waals surface area contributed by atoms with Crippen LogP contribution in [0.15, 0.2) is 48.7 Å². The molecule has 0 atom stereocenters. The fourth-order valence-electron chi connectivity index (χ4n) is 4.43. The highest BCUT2D eigenvalue weighted by molar-refractivity contribution is 6.09. The Morgan fingerprint density at radius 1 is 0.895 bits per heavy atom. The van der Waals surface area contributed by atoms with Gasteiger partial charge in [0, 0.05) is 22.7 Å². The smallest absolute Gasteiger partial charge is 0.338 e. The van der Waals surface area contributed by atoms with E-state index in [-0.39, 0.29) is 24.7 Å². The highest BCUT2D eigenvalue weighted by atomic mass is 16.6. The first kappa shape index (κ1) is 29.2. The van der Waals surface area contributed by atoms with Crippen molar-refractivity contribution >= 4 is 28.4 Å². The fourth-order valence-corrected chi connectivity index (χ4v) is 4.43. The molecule has 0 N–H and O–H groups in total. The van der Waals surface area contributed by atoms with Crippen molar-refractivity contribution in [3.63, 3.8) is 0 Å². The van der Waals surface area contributed by atoms with Crippen molar-refractivity contribution in [2.45, 2.75) is 91.7 Å². The van der Waals surface area contributed by atoms with Crippen LogP contribution >= 0.6 is 0 Å². The Balaban J connectivity index is 1.59. The van der Waals surface area contributed by atoms with E-state index in [2.05, 4.69) is 19.1 Å². The average molecular weight is 520 g/mol. The maximum Gasteiger partial charge on any atom is 0.338 e. The Morgan fingerprint density at radius 3 is 2.24 bits per heavy atom. The van der Waals surface area contributed by atoms with Gasteiger partial charge in [-0.15, -0.1) is 0 Å². The van der Waals surface area contributed by atoms with Crippen molar-refractivity contribution in [2.24, 2.45) is 0 Å². The lowest BCUT2D eigenvalue weighted by atomic mass is 10.0. The van der Waals surface area contributed by atoms with Crippen molar-refractivity contribution in [3.8, 4) is 5.75 Å². The summed E-state index contributed by atoms with van der Waals surface area (Å²) in [5.41, 5.74) is 2.18. The largest absolute Gasteiger partial charge is 0.486 e. The molecule has 204 valence electrons. The first-order valence-corrected chi connectivity index (χ1v) is 13.7. The molecule has 0 radical (unpaired) electrons. The summed E-state index contributed by atoms with van der Waals surface area (Å²) in [5.74, 6) is -0.0535. The number of ketones is 2. The van der Waals surface area contributed by atoms with Crippen LogP contribution in [-0.4, -0.2) is 34.3 Å². The van der Waals surface area contributed by atoms with Crippen LogP contribution in [0.4, 0.5) is 0 Å². The van der Waals surface area contributed by atoms with E-state index in [0.29, 0.717) is 27.8 Å². The zero-order chi connectivity index (χ0) is 27.7. The Kier molecular flexibility index (Phi) is 10.3. The molecule has 3 aromatic rings. The van der Waals surface area contributed by atoms with Crippen molar-refractivity contribution < 1.29 is 23.9 Å². The molecular formula is C32H41NO5. The third-order valence-electron chi connectivity index (χ3n) is 6.38. The van der Waals surface area contributed by atoms with Crippen LogP contribution in [0.2, 0.25) is 0 Å². The number of aryl methyl sites for hydroxylation is 1. The molecule has 0 saturated heterocycles. The van der Waals surface area contributed by atoms with Gasteiger partial charge in [0.2, 0.25) is 0 Å². The minimum atomic E-state index is -0.623. The van der Waals surface area contributed by atoms with Gasteiger partial charge in [0.25, 0.3) is 0 Å². The number of ether oxygens (including phenoxy) is 2. The van der Waals surface area contributed by atoms with Gasteiger partial charge in [0.1, 0.15) is 18.0 Å². The summed E-state index contributed by atoms with van der Waals surface area (Å²) in [6.07, 6.45) is 10.4. The number of hydrogen-bond donors (Lipinski definition) is 0. The van der Waals surface area contributed by atoms with Gasteiger partial charge in [-0.2, -0.15) is 0 Å². The first-order valence-electron chi connectivity index (χ1n) is 13.7. The summed E-state index contributed by atoms with van der Waals surface area (Å²) < 4.78 is 12.9. The van der Waals surface area contributed by atoms with E-state index in [1.54, 1.807) is 49.7 Å². The Bertz CT molecular complexity index is 1250. The maximum atomic E-state index is 12.8. The van der Waals surface area contributed by atoms with Crippen molar-refractivity contribution in [3.05, 3.63) is 65.4 Å². The number of hydrogen-bond acceptors (Lipinski definition) is 5. The molecule has 6 heteroatoms. The number of esters is 1. The molecule has 0 unspecified atom stereocenters. The van der Waals surface area contributed by atoms with E-state index >= 15 is 0 Å². The van der Waals surface area contributed by atoms with Crippen LogP contribution in [0.5, 0.6) is 5.75 Å². The molecule has 0 fully saturated rings. The summed E-state index contributed by atoms with van der Waals surface area (Å²) >= 11 is 0. The number of Topliss-reactive ketones (excluding diaryl/α,β-unsaturated/α-hetero) is 2. The van der Waals surface area contributed by atoms with Crippen LogP contribution in [0.3, 0.4) is 0 Å². The van der Waals surface area contributed by atoms with E-state index in [9.17, 15) is 14.4 Å². The van der Waals surface area contributed by atoms with Gasteiger partial charge in [0.15, 0.2) is 11.6 Å². The number of nitrogens with zero attached hydrogens (tertiary/aromatic N) is 1. The zero-order valence-electron chi connectivity index (χ0n) is 23.5. The van der Waals surface area contributed by atoms with Crippen LogP contribution in [0.1, 0.15) is 99.4 Å². The number of carbonyl (C=O) groups excluding carboxylic acids is 3. The van der Waals surface area contributed by atoms with Crippen molar-refractivity contribution in [2.75, 3.05) is 6.61 Å². The molecule has 3 rings (SSSR count). The second kappa shape index (κ2) is 13.4. The third-order valence-corrected chi connectivity index (χ3v) is 6.38. The normalized spacial score (nSPS) is 11.5. The minimum Gasteiger partial charge on any atom is -0.486 e. The topological polar surface area (TPSA) is 74.6 Å². The lowest BCUT2D eigenvalue weighted by Crippen LogP contribution is -2.23. The second-order valence-corrected chi connectivity index (χ2v) is 10.9. The quantitative estimate of drug-likeness (QED) is 0.126. The molecular weight excluding hydrogens is 478 g/mol. The van der Waals surface area contributed by atoms with Gasteiger partial charge in [-0.05, 0) is 76.4 Å². The van der Waals surface area contributed by atoms with E-state index in [4.69, 9.17) is 9.47 Å². The lowest BCUT2D eigenvalue weighted by molar-refractivity contribution is -0.121. The summed E-state index contributed by atoms with van der Waals surface area (Å²) in [4.78, 5) is 37.6. The zero-order valence-corrected chi connectivity index (χ0v) is 23.5. The van der Waals surface area contributed by atoms with E-state index in [1.165, 1.54) is 51.0 Å². The molecule has 0 bridgehead atoms. The number of benzene rings is 2. The predicted octanol–water partition coefficient (Wildman–Crippen LogP) is 7.35. The summed E-state index contributed by atoms with van der Waals surface area (Å²) in [6.45, 7) is 9.11. The van der Waals surface area contributed by atoms with E-state index in [1.807, 2.05) is 12.1 Å². The van der Waals surface area contributed by atoms with E-state index in [0.717, 1.165) is 6.42 Å². The molecule has 0 spiro atoms. The van der Waals surface area contributed by atoms with Gasteiger partial charge >= 0.3 is 5.97 Å². The minimum absolute atomic E-state index is 0.0612. The van der Waals surface area contributed by atoms with Crippen molar-refractivity contribution in [1.29, 1.82) is 0 Å². The molecule has 2 aromatic carbocycles. The summed E-state index contributed by atoms with van der Waals surface area (Å²) in [5, 5.41) is 0.621. The van der Waals surface area contributed by atoms with Gasteiger partial charge in [-0.1, -0.05) is 51.2 Å². The molecule has 0 amide bonds. The summed E-state index contributed by atoms with van der Waals surface area (Å²) in [6, 6.07) is 13.0. The average Bonchev–Trinajstić information content (AvgIpc) is 3.22. The van der Waals surface area contributed by atoms with Crippen LogP contribution in [0.25, 0.3) is 10.9 Å². The Labute approximate surface area is 226 Å². The number of rotatable bonds is 14. The van der Waals surface area contributed by atoms with Crippen LogP contribution in [0, 0.1) is 0 Å².